The average molecular weight is 420 g/mol. The van der Waals surface area contributed by atoms with Crippen molar-refractivity contribution >= 4 is 16.9 Å². The number of aromatic hydroxyl groups is 1. The molecule has 0 radical (unpaired) electrons. The number of alkyl halides is 3. The van der Waals surface area contributed by atoms with Gasteiger partial charge in [0.15, 0.2) is 5.82 Å². The van der Waals surface area contributed by atoms with E-state index < -0.39 is 17.5 Å². The summed E-state index contributed by atoms with van der Waals surface area (Å²) in [5.41, 5.74) is 0.682. The van der Waals surface area contributed by atoms with Crippen molar-refractivity contribution in [3.63, 3.8) is 0 Å². The number of fused-ring (bicyclic) bond motifs is 1. The Bertz CT molecular complexity index is 1060. The lowest BCUT2D eigenvalue weighted by Crippen LogP contribution is -2.42. The summed E-state index contributed by atoms with van der Waals surface area (Å²) in [5, 5.41) is 22.2. The summed E-state index contributed by atoms with van der Waals surface area (Å²) in [6.07, 6.45) is -0.845. The number of rotatable bonds is 4. The number of hydrogen-bond donors (Lipinski definition) is 2. The van der Waals surface area contributed by atoms with E-state index in [1.807, 2.05) is 0 Å². The highest BCUT2D eigenvalue weighted by atomic mass is 19.4. The van der Waals surface area contributed by atoms with E-state index in [0.717, 1.165) is 38.5 Å². The Hall–Kier alpha value is -2.88. The number of aromatic nitrogens is 4. The fraction of sp³-hybridized carbons (Fsp3) is 0.450. The van der Waals surface area contributed by atoms with Gasteiger partial charge in [0.2, 0.25) is 0 Å². The van der Waals surface area contributed by atoms with E-state index in [1.165, 1.54) is 6.07 Å². The predicted molar refractivity (Wildman–Crippen MR) is 107 cm³/mol. The molecule has 0 amide bonds. The van der Waals surface area contributed by atoms with E-state index >= 15 is 0 Å². The maximum Gasteiger partial charge on any atom is 0.416 e. The third kappa shape index (κ3) is 3.79. The topological polar surface area (TPSA) is 79.1 Å². The molecule has 1 aliphatic rings. The third-order valence-electron chi connectivity index (χ3n) is 5.51. The predicted octanol–water partition coefficient (Wildman–Crippen LogP) is 3.65. The molecular formula is C20H23F3N6O. The number of hydrogen-bond acceptors (Lipinski definition) is 6. The van der Waals surface area contributed by atoms with Crippen LogP contribution >= 0.6 is 0 Å². The number of likely N-dealkylation sites (tertiary alicyclic amines) is 1. The largest absolute Gasteiger partial charge is 0.507 e. The Morgan fingerprint density at radius 3 is 2.77 bits per heavy atom. The minimum absolute atomic E-state index is 0.172. The average Bonchev–Trinajstić information content (AvgIpc) is 3.10. The Labute approximate surface area is 171 Å². The molecule has 0 aliphatic carbocycles. The van der Waals surface area contributed by atoms with Crippen molar-refractivity contribution in [2.45, 2.75) is 32.0 Å². The molecule has 1 fully saturated rings. The van der Waals surface area contributed by atoms with Gasteiger partial charge in [-0.05, 0) is 44.1 Å². The Morgan fingerprint density at radius 1 is 1.27 bits per heavy atom. The first-order chi connectivity index (χ1) is 14.3. The van der Waals surface area contributed by atoms with E-state index in [4.69, 9.17) is 0 Å². The summed E-state index contributed by atoms with van der Waals surface area (Å²) in [7, 11) is 1.77. The number of imidazole rings is 1. The lowest BCUT2D eigenvalue weighted by atomic mass is 10.0. The van der Waals surface area contributed by atoms with Gasteiger partial charge in [-0.25, -0.2) is 4.98 Å². The Balaban J connectivity index is 1.72. The van der Waals surface area contributed by atoms with E-state index in [9.17, 15) is 18.3 Å². The third-order valence-corrected chi connectivity index (χ3v) is 5.51. The first-order valence-corrected chi connectivity index (χ1v) is 9.85. The number of halogens is 3. The minimum Gasteiger partial charge on any atom is -0.507 e. The molecule has 2 aromatic heterocycles. The lowest BCUT2D eigenvalue weighted by molar-refractivity contribution is -0.137. The zero-order valence-corrected chi connectivity index (χ0v) is 16.7. The Kier molecular flexibility index (Phi) is 5.27. The van der Waals surface area contributed by atoms with E-state index in [2.05, 4.69) is 32.3 Å². The summed E-state index contributed by atoms with van der Waals surface area (Å²) in [4.78, 5) is 6.78. The Morgan fingerprint density at radius 2 is 2.07 bits per heavy atom. The summed E-state index contributed by atoms with van der Waals surface area (Å²) in [5.74, 6) is 0.0249. The number of phenols is 1. The number of phenolic OH excluding ortho intramolecular Hbond substituents is 1. The number of nitrogens with one attached hydrogen (secondary N) is 1. The highest BCUT2D eigenvalue weighted by molar-refractivity contribution is 5.96. The molecule has 1 aliphatic heterocycles. The van der Waals surface area contributed by atoms with Crippen LogP contribution in [0.5, 0.6) is 5.75 Å². The first-order valence-electron chi connectivity index (χ1n) is 9.85. The highest BCUT2D eigenvalue weighted by Gasteiger charge is 2.31. The van der Waals surface area contributed by atoms with Crippen molar-refractivity contribution in [1.29, 1.82) is 0 Å². The van der Waals surface area contributed by atoms with Crippen molar-refractivity contribution in [2.24, 2.45) is 7.05 Å². The highest BCUT2D eigenvalue weighted by Crippen LogP contribution is 2.38. The van der Waals surface area contributed by atoms with Crippen LogP contribution in [0.4, 0.5) is 19.0 Å². The summed E-state index contributed by atoms with van der Waals surface area (Å²) < 4.78 is 40.5. The SMILES string of the molecule is CCN1CCC[C@@H](Nc2nnc(-c3ccc(C(F)(F)F)cc3O)c3c2ncn3C)C1. The number of nitrogens with zero attached hydrogens (tertiary/aromatic N) is 5. The smallest absolute Gasteiger partial charge is 0.416 e. The van der Waals surface area contributed by atoms with Gasteiger partial charge in [-0.1, -0.05) is 6.92 Å². The number of benzene rings is 1. The van der Waals surface area contributed by atoms with Crippen molar-refractivity contribution < 1.29 is 18.3 Å². The molecule has 160 valence electrons. The maximum absolute atomic E-state index is 12.9. The van der Waals surface area contributed by atoms with Gasteiger partial charge in [0.25, 0.3) is 0 Å². The molecule has 1 aromatic carbocycles. The molecule has 3 aromatic rings. The standard InChI is InChI=1S/C20H23F3N6O/c1-3-29-8-4-5-13(10-29)25-19-17-18(28(2)11-24-17)16(26-27-19)14-7-6-12(9-15(14)30)20(21,22)23/h6-7,9,11,13,30H,3-5,8,10H2,1-2H3,(H,25,27)/t13-/m1/s1. The van der Waals surface area contributed by atoms with E-state index in [-0.39, 0.29) is 17.3 Å². The second-order valence-corrected chi connectivity index (χ2v) is 7.56. The molecule has 1 saturated heterocycles. The first kappa shape index (κ1) is 20.4. The van der Waals surface area contributed by atoms with Crippen LogP contribution in [-0.4, -0.2) is 55.4 Å². The van der Waals surface area contributed by atoms with Crippen LogP contribution in [0.3, 0.4) is 0 Å². The molecular weight excluding hydrogens is 397 g/mol. The molecule has 0 bridgehead atoms. The molecule has 3 heterocycles. The quantitative estimate of drug-likeness (QED) is 0.671. The molecule has 0 spiro atoms. The molecule has 4 rings (SSSR count). The van der Waals surface area contributed by atoms with Crippen LogP contribution in [0, 0.1) is 0 Å². The van der Waals surface area contributed by atoms with Crippen LogP contribution in [-0.2, 0) is 13.2 Å². The van der Waals surface area contributed by atoms with Crippen molar-refractivity contribution in [1.82, 2.24) is 24.6 Å². The fourth-order valence-corrected chi connectivity index (χ4v) is 3.92. The van der Waals surface area contributed by atoms with Crippen LogP contribution < -0.4 is 5.32 Å². The number of anilines is 1. The summed E-state index contributed by atoms with van der Waals surface area (Å²) in [6.45, 7) is 5.08. The van der Waals surface area contributed by atoms with Gasteiger partial charge in [-0.15, -0.1) is 10.2 Å². The van der Waals surface area contributed by atoms with Gasteiger partial charge in [-0.3, -0.25) is 0 Å². The zero-order valence-electron chi connectivity index (χ0n) is 16.7. The van der Waals surface area contributed by atoms with Crippen molar-refractivity contribution in [3.05, 3.63) is 30.1 Å². The molecule has 1 atom stereocenters. The van der Waals surface area contributed by atoms with Crippen molar-refractivity contribution in [2.75, 3.05) is 25.0 Å². The lowest BCUT2D eigenvalue weighted by Gasteiger charge is -2.32. The second kappa shape index (κ2) is 7.75. The number of likely N-dealkylation sites (N-methyl/N-ethyl adjacent to an activating group) is 1. The molecule has 10 heteroatoms. The van der Waals surface area contributed by atoms with E-state index in [1.54, 1.807) is 17.9 Å². The zero-order chi connectivity index (χ0) is 21.5. The van der Waals surface area contributed by atoms with Gasteiger partial charge in [-0.2, -0.15) is 13.2 Å². The van der Waals surface area contributed by atoms with Crippen LogP contribution in [0.2, 0.25) is 0 Å². The van der Waals surface area contributed by atoms with Crippen LogP contribution in [0.15, 0.2) is 24.5 Å². The maximum atomic E-state index is 12.9. The summed E-state index contributed by atoms with van der Waals surface area (Å²) >= 11 is 0. The number of piperidine rings is 1. The van der Waals surface area contributed by atoms with Gasteiger partial charge in [0, 0.05) is 25.2 Å². The van der Waals surface area contributed by atoms with Crippen LogP contribution in [0.25, 0.3) is 22.3 Å². The monoisotopic (exact) mass is 420 g/mol. The minimum atomic E-state index is -4.54. The molecule has 0 unspecified atom stereocenters. The fourth-order valence-electron chi connectivity index (χ4n) is 3.92. The van der Waals surface area contributed by atoms with Gasteiger partial charge >= 0.3 is 6.18 Å². The normalized spacial score (nSPS) is 18.1. The molecule has 2 N–H and O–H groups in total. The van der Waals surface area contributed by atoms with Gasteiger partial charge in [0.05, 0.1) is 11.9 Å². The number of aryl methyl sites for hydroxylation is 1. The summed E-state index contributed by atoms with van der Waals surface area (Å²) in [6, 6.07) is 3.05. The molecule has 30 heavy (non-hydrogen) atoms. The second-order valence-electron chi connectivity index (χ2n) is 7.56. The van der Waals surface area contributed by atoms with Gasteiger partial charge in [0.1, 0.15) is 22.5 Å². The van der Waals surface area contributed by atoms with Crippen molar-refractivity contribution in [3.8, 4) is 17.0 Å². The van der Waals surface area contributed by atoms with Crippen LogP contribution in [0.1, 0.15) is 25.3 Å². The van der Waals surface area contributed by atoms with E-state index in [0.29, 0.717) is 22.9 Å². The molecule has 7 nitrogen and oxygen atoms in total. The molecule has 0 saturated carbocycles. The van der Waals surface area contributed by atoms with Gasteiger partial charge < -0.3 is 19.9 Å².